The summed E-state index contributed by atoms with van der Waals surface area (Å²) in [4.78, 5) is 12.2. The zero-order chi connectivity index (χ0) is 14.0. The number of esters is 1. The molecule has 2 unspecified atom stereocenters. The van der Waals surface area contributed by atoms with Gasteiger partial charge in [0.05, 0.1) is 5.92 Å². The molecule has 3 N–H and O–H groups in total. The van der Waals surface area contributed by atoms with Gasteiger partial charge in [0.15, 0.2) is 0 Å². The first-order valence-electron chi connectivity index (χ1n) is 6.66. The van der Waals surface area contributed by atoms with Crippen LogP contribution < -0.4 is 11.1 Å². The van der Waals surface area contributed by atoms with Crippen molar-refractivity contribution in [2.75, 3.05) is 18.8 Å². The minimum atomic E-state index is -0.439. The molecule has 1 heterocycles. The van der Waals surface area contributed by atoms with Gasteiger partial charge < -0.3 is 15.8 Å². The van der Waals surface area contributed by atoms with Crippen molar-refractivity contribution in [2.45, 2.75) is 32.3 Å². The molecule has 1 fully saturated rings. The molecule has 1 aromatic carbocycles. The highest BCUT2D eigenvalue weighted by Crippen LogP contribution is 2.30. The lowest BCUT2D eigenvalue weighted by Crippen LogP contribution is -2.31. The van der Waals surface area contributed by atoms with E-state index >= 15 is 0 Å². The van der Waals surface area contributed by atoms with Crippen LogP contribution in [0.15, 0.2) is 24.3 Å². The van der Waals surface area contributed by atoms with Crippen molar-refractivity contribution in [3.8, 4) is 0 Å². The molecule has 0 bridgehead atoms. The Balaban J connectivity index is 2.12. The summed E-state index contributed by atoms with van der Waals surface area (Å²) in [6.45, 7) is 7.15. The maximum Gasteiger partial charge on any atom is 0.311 e. The Hall–Kier alpha value is -1.55. The van der Waals surface area contributed by atoms with Crippen molar-refractivity contribution in [2.24, 2.45) is 5.92 Å². The van der Waals surface area contributed by atoms with Crippen LogP contribution in [0.1, 0.15) is 32.3 Å². The highest BCUT2D eigenvalue weighted by atomic mass is 16.6. The Kier molecular flexibility index (Phi) is 3.80. The second kappa shape index (κ2) is 5.21. The quantitative estimate of drug-likeness (QED) is 0.631. The summed E-state index contributed by atoms with van der Waals surface area (Å²) in [5, 5.41) is 3.27. The molecule has 1 aliphatic rings. The summed E-state index contributed by atoms with van der Waals surface area (Å²) in [6.07, 6.45) is 0. The van der Waals surface area contributed by atoms with Crippen molar-refractivity contribution < 1.29 is 9.53 Å². The van der Waals surface area contributed by atoms with Gasteiger partial charge in [-0.2, -0.15) is 0 Å². The molecule has 1 saturated heterocycles. The van der Waals surface area contributed by atoms with Gasteiger partial charge in [-0.15, -0.1) is 0 Å². The lowest BCUT2D eigenvalue weighted by molar-refractivity contribution is -0.159. The standard InChI is InChI=1S/C15H22N2O2/c1-15(2,3)19-14(18)13-9-17-8-12(13)10-4-6-11(16)7-5-10/h4-7,12-13,17H,8-9,16H2,1-3H3. The van der Waals surface area contributed by atoms with Gasteiger partial charge in [-0.3, -0.25) is 4.79 Å². The lowest BCUT2D eigenvalue weighted by Gasteiger charge is -2.24. The number of nitrogen functional groups attached to an aromatic ring is 1. The Morgan fingerprint density at radius 3 is 2.47 bits per heavy atom. The number of anilines is 1. The van der Waals surface area contributed by atoms with Crippen molar-refractivity contribution in [3.05, 3.63) is 29.8 Å². The van der Waals surface area contributed by atoms with E-state index in [0.29, 0.717) is 6.54 Å². The van der Waals surface area contributed by atoms with Gasteiger partial charge in [0.1, 0.15) is 5.60 Å². The Labute approximate surface area is 114 Å². The molecule has 0 aliphatic carbocycles. The largest absolute Gasteiger partial charge is 0.460 e. The zero-order valence-electron chi connectivity index (χ0n) is 11.8. The molecular weight excluding hydrogens is 240 g/mol. The van der Waals surface area contributed by atoms with Crippen LogP contribution in [0.3, 0.4) is 0 Å². The molecule has 0 aromatic heterocycles. The maximum atomic E-state index is 12.2. The van der Waals surface area contributed by atoms with E-state index < -0.39 is 5.60 Å². The Morgan fingerprint density at radius 1 is 1.26 bits per heavy atom. The fourth-order valence-corrected chi connectivity index (χ4v) is 2.40. The van der Waals surface area contributed by atoms with Crippen molar-refractivity contribution in [1.29, 1.82) is 0 Å². The smallest absolute Gasteiger partial charge is 0.311 e. The van der Waals surface area contributed by atoms with Gasteiger partial charge in [0, 0.05) is 24.7 Å². The maximum absolute atomic E-state index is 12.2. The third-order valence-corrected chi connectivity index (χ3v) is 3.29. The predicted molar refractivity (Wildman–Crippen MR) is 75.8 cm³/mol. The fraction of sp³-hybridized carbons (Fsp3) is 0.533. The molecule has 0 radical (unpaired) electrons. The molecule has 0 amide bonds. The number of carbonyl (C=O) groups is 1. The normalized spacial score (nSPS) is 23.3. The number of nitrogens with two attached hydrogens (primary N) is 1. The number of carbonyl (C=O) groups excluding carboxylic acids is 1. The van der Waals surface area contributed by atoms with Crippen LogP contribution >= 0.6 is 0 Å². The van der Waals surface area contributed by atoms with Gasteiger partial charge in [-0.05, 0) is 38.5 Å². The van der Waals surface area contributed by atoms with E-state index in [2.05, 4.69) is 5.32 Å². The molecule has 0 spiro atoms. The first-order chi connectivity index (χ1) is 8.87. The lowest BCUT2D eigenvalue weighted by atomic mass is 9.89. The summed E-state index contributed by atoms with van der Waals surface area (Å²) < 4.78 is 5.49. The van der Waals surface area contributed by atoms with Crippen LogP contribution in [-0.2, 0) is 9.53 Å². The van der Waals surface area contributed by atoms with Gasteiger partial charge in [-0.25, -0.2) is 0 Å². The minimum Gasteiger partial charge on any atom is -0.460 e. The third kappa shape index (κ3) is 3.47. The number of nitrogens with one attached hydrogen (secondary N) is 1. The number of benzene rings is 1. The van der Waals surface area contributed by atoms with E-state index in [4.69, 9.17) is 10.5 Å². The average Bonchev–Trinajstić information content (AvgIpc) is 2.76. The summed E-state index contributed by atoms with van der Waals surface area (Å²) in [7, 11) is 0. The minimum absolute atomic E-state index is 0.122. The molecule has 4 nitrogen and oxygen atoms in total. The van der Waals surface area contributed by atoms with E-state index in [-0.39, 0.29) is 17.8 Å². The topological polar surface area (TPSA) is 64.3 Å². The SMILES string of the molecule is CC(C)(C)OC(=O)C1CNCC1c1ccc(N)cc1. The Bertz CT molecular complexity index is 448. The van der Waals surface area contributed by atoms with Gasteiger partial charge >= 0.3 is 5.97 Å². The van der Waals surface area contributed by atoms with Crippen molar-refractivity contribution >= 4 is 11.7 Å². The van der Waals surface area contributed by atoms with Crippen molar-refractivity contribution in [3.63, 3.8) is 0 Å². The highest BCUT2D eigenvalue weighted by Gasteiger charge is 2.36. The highest BCUT2D eigenvalue weighted by molar-refractivity contribution is 5.75. The Morgan fingerprint density at radius 2 is 1.89 bits per heavy atom. The van der Waals surface area contributed by atoms with Crippen LogP contribution in [0.25, 0.3) is 0 Å². The van der Waals surface area contributed by atoms with E-state index in [9.17, 15) is 4.79 Å². The second-order valence-corrected chi connectivity index (χ2v) is 6.07. The molecule has 104 valence electrons. The number of rotatable bonds is 2. The summed E-state index contributed by atoms with van der Waals surface area (Å²) in [6, 6.07) is 7.73. The van der Waals surface area contributed by atoms with Crippen LogP contribution in [0.2, 0.25) is 0 Å². The molecule has 1 aromatic rings. The summed E-state index contributed by atoms with van der Waals surface area (Å²) >= 11 is 0. The fourth-order valence-electron chi connectivity index (χ4n) is 2.40. The summed E-state index contributed by atoms with van der Waals surface area (Å²) in [5.74, 6) is -0.0855. The third-order valence-electron chi connectivity index (χ3n) is 3.29. The average molecular weight is 262 g/mol. The van der Waals surface area contributed by atoms with E-state index in [0.717, 1.165) is 17.8 Å². The number of hydrogen-bond donors (Lipinski definition) is 2. The molecule has 1 aliphatic heterocycles. The molecule has 0 saturated carbocycles. The predicted octanol–water partition coefficient (Wildman–Crippen LogP) is 1.91. The molecule has 2 rings (SSSR count). The van der Waals surface area contributed by atoms with Crippen molar-refractivity contribution in [1.82, 2.24) is 5.32 Å². The molecule has 4 heteroatoms. The number of hydrogen-bond acceptors (Lipinski definition) is 4. The summed E-state index contributed by atoms with van der Waals surface area (Å²) in [5.41, 5.74) is 7.13. The van der Waals surface area contributed by atoms with Crippen LogP contribution in [0.5, 0.6) is 0 Å². The first kappa shape index (κ1) is 13.9. The number of ether oxygens (including phenoxy) is 1. The van der Waals surface area contributed by atoms with E-state index in [1.165, 1.54) is 0 Å². The zero-order valence-corrected chi connectivity index (χ0v) is 11.8. The van der Waals surface area contributed by atoms with Crippen LogP contribution in [-0.4, -0.2) is 24.7 Å². The van der Waals surface area contributed by atoms with Crippen LogP contribution in [0, 0.1) is 5.92 Å². The monoisotopic (exact) mass is 262 g/mol. The van der Waals surface area contributed by atoms with Gasteiger partial charge in [-0.1, -0.05) is 12.1 Å². The van der Waals surface area contributed by atoms with E-state index in [1.54, 1.807) is 0 Å². The molecule has 2 atom stereocenters. The van der Waals surface area contributed by atoms with Gasteiger partial charge in [0.2, 0.25) is 0 Å². The van der Waals surface area contributed by atoms with Gasteiger partial charge in [0.25, 0.3) is 0 Å². The first-order valence-corrected chi connectivity index (χ1v) is 6.66. The molecular formula is C15H22N2O2. The molecule has 19 heavy (non-hydrogen) atoms. The van der Waals surface area contributed by atoms with Crippen LogP contribution in [0.4, 0.5) is 5.69 Å². The second-order valence-electron chi connectivity index (χ2n) is 6.07. The van der Waals surface area contributed by atoms with E-state index in [1.807, 2.05) is 45.0 Å².